The van der Waals surface area contributed by atoms with Crippen LogP contribution in [0.4, 0.5) is 5.95 Å². The number of anilines is 1. The molecule has 1 amide bonds. The lowest BCUT2D eigenvalue weighted by Crippen LogP contribution is -2.25. The third kappa shape index (κ3) is 2.80. The fraction of sp³-hybridized carbons (Fsp3) is 0.600. The summed E-state index contributed by atoms with van der Waals surface area (Å²) in [5.74, 6) is -0.0482. The predicted octanol–water partition coefficient (Wildman–Crippen LogP) is 0.825. The van der Waals surface area contributed by atoms with Gasteiger partial charge in [-0.2, -0.15) is 0 Å². The molecule has 106 valence electrons. The number of hydrogen-bond donors (Lipinski definition) is 2. The van der Waals surface area contributed by atoms with E-state index in [0.717, 1.165) is 6.42 Å². The van der Waals surface area contributed by atoms with Gasteiger partial charge >= 0.3 is 7.60 Å². The molecule has 2 rings (SSSR count). The number of fused-ring (bicyclic) bond motifs is 1. The van der Waals surface area contributed by atoms with Gasteiger partial charge < -0.3 is 24.7 Å². The molecule has 2 heterocycles. The molecule has 0 spiro atoms. The van der Waals surface area contributed by atoms with Crippen molar-refractivity contribution in [2.24, 2.45) is 5.73 Å². The van der Waals surface area contributed by atoms with Gasteiger partial charge in [-0.25, -0.2) is 4.98 Å². The standard InChI is InChI=1S/C10H17N4O4P/c1-17-19(16,18-2)6-7-3-4-12-10-13-8(9(11)15)5-14(7)10/h5,7H,3-4,6H2,1-2H3,(H2,11,15)(H,12,13)/t7-/m1/s1. The molecule has 1 aromatic heterocycles. The number of nitrogens with two attached hydrogens (primary N) is 1. The molecule has 0 fully saturated rings. The smallest absolute Gasteiger partial charge is 0.332 e. The number of imidazole rings is 1. The summed E-state index contributed by atoms with van der Waals surface area (Å²) in [4.78, 5) is 15.2. The van der Waals surface area contributed by atoms with Crippen molar-refractivity contribution in [1.82, 2.24) is 9.55 Å². The summed E-state index contributed by atoms with van der Waals surface area (Å²) in [6.45, 7) is 0.674. The molecule has 0 saturated heterocycles. The van der Waals surface area contributed by atoms with Crippen LogP contribution in [0.3, 0.4) is 0 Å². The van der Waals surface area contributed by atoms with Crippen LogP contribution in [0.1, 0.15) is 23.0 Å². The highest BCUT2D eigenvalue weighted by Crippen LogP contribution is 2.50. The van der Waals surface area contributed by atoms with Gasteiger partial charge in [0.25, 0.3) is 5.91 Å². The lowest BCUT2D eigenvalue weighted by atomic mass is 10.2. The first kappa shape index (κ1) is 14.0. The van der Waals surface area contributed by atoms with Crippen molar-refractivity contribution >= 4 is 19.5 Å². The van der Waals surface area contributed by atoms with Crippen molar-refractivity contribution < 1.29 is 18.4 Å². The molecule has 0 bridgehead atoms. The van der Waals surface area contributed by atoms with E-state index in [1.54, 1.807) is 10.8 Å². The Morgan fingerprint density at radius 2 is 2.32 bits per heavy atom. The van der Waals surface area contributed by atoms with Crippen LogP contribution in [-0.4, -0.2) is 42.4 Å². The van der Waals surface area contributed by atoms with Gasteiger partial charge in [-0.15, -0.1) is 0 Å². The van der Waals surface area contributed by atoms with Gasteiger partial charge in [-0.05, 0) is 6.42 Å². The third-order valence-corrected chi connectivity index (χ3v) is 5.11. The number of rotatable bonds is 5. The molecule has 0 aliphatic carbocycles. The highest BCUT2D eigenvalue weighted by Gasteiger charge is 2.31. The molecule has 1 aromatic rings. The third-order valence-electron chi connectivity index (χ3n) is 3.13. The normalized spacial score (nSPS) is 18.7. The van der Waals surface area contributed by atoms with Gasteiger partial charge in [-0.1, -0.05) is 0 Å². The van der Waals surface area contributed by atoms with E-state index in [-0.39, 0.29) is 17.9 Å². The minimum absolute atomic E-state index is 0.109. The van der Waals surface area contributed by atoms with Gasteiger partial charge in [0, 0.05) is 33.0 Å². The monoisotopic (exact) mass is 288 g/mol. The van der Waals surface area contributed by atoms with Crippen molar-refractivity contribution in [3.05, 3.63) is 11.9 Å². The van der Waals surface area contributed by atoms with E-state index < -0.39 is 13.5 Å². The van der Waals surface area contributed by atoms with Gasteiger partial charge in [-0.3, -0.25) is 9.36 Å². The summed E-state index contributed by atoms with van der Waals surface area (Å²) in [5, 5.41) is 3.06. The van der Waals surface area contributed by atoms with Crippen LogP contribution in [0.5, 0.6) is 0 Å². The zero-order valence-corrected chi connectivity index (χ0v) is 11.7. The Kier molecular flexibility index (Phi) is 3.93. The molecule has 1 atom stereocenters. The number of aromatic nitrogens is 2. The summed E-state index contributed by atoms with van der Waals surface area (Å²) in [6, 6.07) is -0.109. The zero-order valence-electron chi connectivity index (χ0n) is 10.8. The SMILES string of the molecule is COP(=O)(C[C@H]1CCNc2nc(C(N)=O)cn21)OC. The fourth-order valence-corrected chi connectivity index (χ4v) is 3.39. The topological polar surface area (TPSA) is 108 Å². The van der Waals surface area contributed by atoms with Crippen LogP contribution in [-0.2, 0) is 13.6 Å². The summed E-state index contributed by atoms with van der Waals surface area (Å²) in [6.07, 6.45) is 2.52. The van der Waals surface area contributed by atoms with Crippen molar-refractivity contribution in [3.63, 3.8) is 0 Å². The molecule has 0 radical (unpaired) electrons. The number of nitrogens with zero attached hydrogens (tertiary/aromatic N) is 2. The summed E-state index contributed by atoms with van der Waals surface area (Å²) >= 11 is 0. The van der Waals surface area contributed by atoms with Crippen molar-refractivity contribution in [2.45, 2.75) is 12.5 Å². The molecule has 0 saturated carbocycles. The molecular formula is C10H17N4O4P. The second kappa shape index (κ2) is 5.32. The van der Waals surface area contributed by atoms with E-state index in [0.29, 0.717) is 12.5 Å². The van der Waals surface area contributed by atoms with Gasteiger partial charge in [0.15, 0.2) is 0 Å². The minimum atomic E-state index is -3.11. The molecule has 19 heavy (non-hydrogen) atoms. The molecule has 0 unspecified atom stereocenters. The van der Waals surface area contributed by atoms with Crippen LogP contribution in [0, 0.1) is 0 Å². The number of carbonyl (C=O) groups excluding carboxylic acids is 1. The average molecular weight is 288 g/mol. The summed E-state index contributed by atoms with van der Waals surface area (Å²) in [7, 11) is -0.400. The Morgan fingerprint density at radius 3 is 2.89 bits per heavy atom. The quantitative estimate of drug-likeness (QED) is 0.777. The second-order valence-electron chi connectivity index (χ2n) is 4.25. The Balaban J connectivity index is 2.27. The number of primary amides is 1. The highest BCUT2D eigenvalue weighted by atomic mass is 31.2. The predicted molar refractivity (Wildman–Crippen MR) is 69.4 cm³/mol. The molecular weight excluding hydrogens is 271 g/mol. The molecule has 1 aliphatic heterocycles. The Morgan fingerprint density at radius 1 is 1.63 bits per heavy atom. The van der Waals surface area contributed by atoms with E-state index >= 15 is 0 Å². The highest BCUT2D eigenvalue weighted by molar-refractivity contribution is 7.53. The summed E-state index contributed by atoms with van der Waals surface area (Å²) < 4.78 is 23.8. The van der Waals surface area contributed by atoms with Crippen LogP contribution < -0.4 is 11.1 Å². The number of amides is 1. The number of carbonyl (C=O) groups is 1. The Hall–Kier alpha value is -1.37. The Bertz CT molecular complexity index is 522. The first-order chi connectivity index (χ1) is 8.99. The maximum absolute atomic E-state index is 12.2. The maximum Gasteiger partial charge on any atom is 0.332 e. The van der Waals surface area contributed by atoms with Gasteiger partial charge in [0.2, 0.25) is 5.95 Å². The molecule has 1 aliphatic rings. The molecule has 8 nitrogen and oxygen atoms in total. The van der Waals surface area contributed by atoms with E-state index in [9.17, 15) is 9.36 Å². The van der Waals surface area contributed by atoms with E-state index in [1.165, 1.54) is 14.2 Å². The summed E-state index contributed by atoms with van der Waals surface area (Å²) in [5.41, 5.74) is 5.38. The second-order valence-corrected chi connectivity index (χ2v) is 6.57. The number of nitrogens with one attached hydrogen (secondary N) is 1. The van der Waals surface area contributed by atoms with E-state index in [2.05, 4.69) is 10.3 Å². The van der Waals surface area contributed by atoms with Crippen LogP contribution in [0.25, 0.3) is 0 Å². The lowest BCUT2D eigenvalue weighted by Gasteiger charge is -2.27. The minimum Gasteiger partial charge on any atom is -0.364 e. The van der Waals surface area contributed by atoms with Gasteiger partial charge in [0.05, 0.1) is 6.16 Å². The largest absolute Gasteiger partial charge is 0.364 e. The average Bonchev–Trinajstić information content (AvgIpc) is 2.84. The van der Waals surface area contributed by atoms with Crippen LogP contribution in [0.2, 0.25) is 0 Å². The van der Waals surface area contributed by atoms with E-state index in [4.69, 9.17) is 14.8 Å². The van der Waals surface area contributed by atoms with Crippen molar-refractivity contribution in [3.8, 4) is 0 Å². The van der Waals surface area contributed by atoms with Gasteiger partial charge in [0.1, 0.15) is 5.69 Å². The molecule has 3 N–H and O–H groups in total. The van der Waals surface area contributed by atoms with Crippen LogP contribution >= 0.6 is 7.60 Å². The van der Waals surface area contributed by atoms with Crippen LogP contribution in [0.15, 0.2) is 6.20 Å². The lowest BCUT2D eigenvalue weighted by molar-refractivity contribution is 0.0996. The zero-order chi connectivity index (χ0) is 14.0. The molecule has 9 heteroatoms. The Labute approximate surface area is 110 Å². The first-order valence-electron chi connectivity index (χ1n) is 5.82. The van der Waals surface area contributed by atoms with E-state index in [1.807, 2.05) is 0 Å². The number of hydrogen-bond acceptors (Lipinski definition) is 6. The first-order valence-corrected chi connectivity index (χ1v) is 7.55. The molecule has 0 aromatic carbocycles. The van der Waals surface area contributed by atoms with Crippen molar-refractivity contribution in [1.29, 1.82) is 0 Å². The fourth-order valence-electron chi connectivity index (χ4n) is 2.07. The van der Waals surface area contributed by atoms with Crippen molar-refractivity contribution in [2.75, 3.05) is 32.2 Å². The maximum atomic E-state index is 12.2.